The van der Waals surface area contributed by atoms with E-state index in [4.69, 9.17) is 10.5 Å². The van der Waals surface area contributed by atoms with Gasteiger partial charge in [-0.2, -0.15) is 0 Å². The van der Waals surface area contributed by atoms with Crippen LogP contribution in [0.1, 0.15) is 20.3 Å². The number of benzene rings is 1. The molecule has 1 unspecified atom stereocenters. The zero-order valence-electron chi connectivity index (χ0n) is 11.3. The summed E-state index contributed by atoms with van der Waals surface area (Å²) < 4.78 is 5.14. The number of methoxy groups -OCH3 is 1. The summed E-state index contributed by atoms with van der Waals surface area (Å²) in [7, 11) is 3.75. The van der Waals surface area contributed by atoms with Crippen LogP contribution in [0.2, 0.25) is 0 Å². The molecular formula is C14H24N2O. The highest BCUT2D eigenvalue weighted by molar-refractivity contribution is 5.48. The second-order valence-corrected chi connectivity index (χ2v) is 4.97. The predicted octanol–water partition coefficient (Wildman–Crippen LogP) is 2.50. The Morgan fingerprint density at radius 1 is 1.24 bits per heavy atom. The van der Waals surface area contributed by atoms with Crippen molar-refractivity contribution in [3.05, 3.63) is 24.3 Å². The van der Waals surface area contributed by atoms with Crippen LogP contribution in [0, 0.1) is 5.92 Å². The van der Waals surface area contributed by atoms with Crippen LogP contribution in [0.5, 0.6) is 5.75 Å². The lowest BCUT2D eigenvalue weighted by atomic mass is 10.0. The van der Waals surface area contributed by atoms with Crippen LogP contribution in [-0.4, -0.2) is 26.7 Å². The first kappa shape index (κ1) is 13.8. The van der Waals surface area contributed by atoms with Gasteiger partial charge in [0.05, 0.1) is 7.11 Å². The second-order valence-electron chi connectivity index (χ2n) is 4.97. The minimum Gasteiger partial charge on any atom is -0.497 e. The van der Waals surface area contributed by atoms with E-state index in [2.05, 4.69) is 37.9 Å². The van der Waals surface area contributed by atoms with Crippen LogP contribution in [0.4, 0.5) is 5.69 Å². The molecule has 0 radical (unpaired) electrons. The van der Waals surface area contributed by atoms with Gasteiger partial charge in [-0.15, -0.1) is 0 Å². The molecule has 0 spiro atoms. The number of nitrogens with zero attached hydrogens (tertiary/aromatic N) is 1. The van der Waals surface area contributed by atoms with Crippen LogP contribution in [-0.2, 0) is 0 Å². The first-order chi connectivity index (χ1) is 8.02. The number of hydrogen-bond donors (Lipinski definition) is 1. The van der Waals surface area contributed by atoms with Crippen LogP contribution in [0.3, 0.4) is 0 Å². The molecule has 0 aliphatic heterocycles. The van der Waals surface area contributed by atoms with Gasteiger partial charge in [0, 0.05) is 25.3 Å². The summed E-state index contributed by atoms with van der Waals surface area (Å²) in [5.41, 5.74) is 7.27. The third-order valence-electron chi connectivity index (χ3n) is 2.80. The highest BCUT2D eigenvalue weighted by atomic mass is 16.5. The van der Waals surface area contributed by atoms with Crippen molar-refractivity contribution in [2.45, 2.75) is 26.3 Å². The van der Waals surface area contributed by atoms with Crippen molar-refractivity contribution in [1.29, 1.82) is 0 Å². The Labute approximate surface area is 105 Å². The summed E-state index contributed by atoms with van der Waals surface area (Å²) in [6, 6.07) is 8.28. The Morgan fingerprint density at radius 2 is 1.82 bits per heavy atom. The van der Waals surface area contributed by atoms with Crippen molar-refractivity contribution < 1.29 is 4.74 Å². The lowest BCUT2D eigenvalue weighted by molar-refractivity contribution is 0.415. The molecule has 0 bridgehead atoms. The molecule has 1 atom stereocenters. The summed E-state index contributed by atoms with van der Waals surface area (Å²) in [4.78, 5) is 2.19. The Bertz CT molecular complexity index is 321. The van der Waals surface area contributed by atoms with Gasteiger partial charge in [0.2, 0.25) is 0 Å². The minimum atomic E-state index is 0.224. The van der Waals surface area contributed by atoms with E-state index in [0.29, 0.717) is 5.92 Å². The Balaban J connectivity index is 2.53. The highest BCUT2D eigenvalue weighted by Crippen LogP contribution is 2.18. The van der Waals surface area contributed by atoms with Gasteiger partial charge in [0.1, 0.15) is 5.75 Å². The van der Waals surface area contributed by atoms with Crippen LogP contribution >= 0.6 is 0 Å². The van der Waals surface area contributed by atoms with E-state index < -0.39 is 0 Å². The van der Waals surface area contributed by atoms with E-state index in [1.165, 1.54) is 5.69 Å². The molecule has 96 valence electrons. The normalized spacial score (nSPS) is 12.6. The van der Waals surface area contributed by atoms with Crippen LogP contribution in [0.15, 0.2) is 24.3 Å². The highest BCUT2D eigenvalue weighted by Gasteiger charge is 2.09. The summed E-state index contributed by atoms with van der Waals surface area (Å²) in [5, 5.41) is 0. The van der Waals surface area contributed by atoms with Crippen molar-refractivity contribution >= 4 is 5.69 Å². The van der Waals surface area contributed by atoms with Crippen molar-refractivity contribution in [2.75, 3.05) is 25.6 Å². The van der Waals surface area contributed by atoms with Gasteiger partial charge in [-0.05, 0) is 36.6 Å². The first-order valence-corrected chi connectivity index (χ1v) is 6.13. The molecule has 0 aliphatic rings. The van der Waals surface area contributed by atoms with Gasteiger partial charge in [-0.3, -0.25) is 0 Å². The van der Waals surface area contributed by atoms with Gasteiger partial charge in [-0.25, -0.2) is 0 Å². The Kier molecular flexibility index (Phi) is 5.29. The Hall–Kier alpha value is -1.22. The fourth-order valence-electron chi connectivity index (χ4n) is 1.97. The standard InChI is InChI=1S/C14H24N2O/c1-11(2)9-12(15)10-16(3)13-5-7-14(17-4)8-6-13/h5-8,11-12H,9-10,15H2,1-4H3. The van der Waals surface area contributed by atoms with E-state index in [9.17, 15) is 0 Å². The second kappa shape index (κ2) is 6.50. The summed E-state index contributed by atoms with van der Waals surface area (Å²) in [6.45, 7) is 5.28. The van der Waals surface area contributed by atoms with Crippen molar-refractivity contribution in [3.63, 3.8) is 0 Å². The topological polar surface area (TPSA) is 38.5 Å². The van der Waals surface area contributed by atoms with Gasteiger partial charge in [0.25, 0.3) is 0 Å². The van der Waals surface area contributed by atoms with E-state index in [1.54, 1.807) is 7.11 Å². The maximum atomic E-state index is 6.10. The van der Waals surface area contributed by atoms with Gasteiger partial charge in [0.15, 0.2) is 0 Å². The minimum absolute atomic E-state index is 0.224. The quantitative estimate of drug-likeness (QED) is 0.824. The van der Waals surface area contributed by atoms with E-state index >= 15 is 0 Å². The number of hydrogen-bond acceptors (Lipinski definition) is 3. The van der Waals surface area contributed by atoms with E-state index in [1.807, 2.05) is 12.1 Å². The van der Waals surface area contributed by atoms with Gasteiger partial charge >= 0.3 is 0 Å². The zero-order chi connectivity index (χ0) is 12.8. The summed E-state index contributed by atoms with van der Waals surface area (Å²) in [6.07, 6.45) is 1.06. The number of rotatable bonds is 6. The van der Waals surface area contributed by atoms with Crippen LogP contribution in [0.25, 0.3) is 0 Å². The molecule has 0 aromatic heterocycles. The largest absolute Gasteiger partial charge is 0.497 e. The lowest BCUT2D eigenvalue weighted by Gasteiger charge is -2.24. The lowest BCUT2D eigenvalue weighted by Crippen LogP contribution is -2.36. The van der Waals surface area contributed by atoms with Crippen molar-refractivity contribution in [1.82, 2.24) is 0 Å². The van der Waals surface area contributed by atoms with Crippen molar-refractivity contribution in [3.8, 4) is 5.75 Å². The molecule has 3 heteroatoms. The third-order valence-corrected chi connectivity index (χ3v) is 2.80. The maximum Gasteiger partial charge on any atom is 0.119 e. The average Bonchev–Trinajstić information content (AvgIpc) is 2.28. The van der Waals surface area contributed by atoms with E-state index in [-0.39, 0.29) is 6.04 Å². The molecule has 0 aliphatic carbocycles. The number of nitrogens with two attached hydrogens (primary N) is 1. The number of anilines is 1. The smallest absolute Gasteiger partial charge is 0.119 e. The molecule has 0 saturated heterocycles. The van der Waals surface area contributed by atoms with Crippen LogP contribution < -0.4 is 15.4 Å². The molecule has 0 heterocycles. The van der Waals surface area contributed by atoms with E-state index in [0.717, 1.165) is 18.7 Å². The average molecular weight is 236 g/mol. The molecule has 0 fully saturated rings. The predicted molar refractivity (Wildman–Crippen MR) is 73.7 cm³/mol. The molecule has 1 aromatic rings. The molecule has 3 nitrogen and oxygen atoms in total. The molecule has 1 rings (SSSR count). The molecule has 17 heavy (non-hydrogen) atoms. The first-order valence-electron chi connectivity index (χ1n) is 6.13. The fraction of sp³-hybridized carbons (Fsp3) is 0.571. The van der Waals surface area contributed by atoms with Gasteiger partial charge in [-0.1, -0.05) is 13.8 Å². The maximum absolute atomic E-state index is 6.10. The third kappa shape index (κ3) is 4.65. The molecular weight excluding hydrogens is 212 g/mol. The fourth-order valence-corrected chi connectivity index (χ4v) is 1.97. The molecule has 2 N–H and O–H groups in total. The molecule has 0 saturated carbocycles. The van der Waals surface area contributed by atoms with Crippen molar-refractivity contribution in [2.24, 2.45) is 11.7 Å². The molecule has 1 aromatic carbocycles. The number of likely N-dealkylation sites (N-methyl/N-ethyl adjacent to an activating group) is 1. The number of ether oxygens (including phenoxy) is 1. The Morgan fingerprint density at radius 3 is 2.29 bits per heavy atom. The monoisotopic (exact) mass is 236 g/mol. The zero-order valence-corrected chi connectivity index (χ0v) is 11.3. The van der Waals surface area contributed by atoms with Gasteiger partial charge < -0.3 is 15.4 Å². The summed E-state index contributed by atoms with van der Waals surface area (Å²) in [5.74, 6) is 1.53. The molecule has 0 amide bonds. The summed E-state index contributed by atoms with van der Waals surface area (Å²) >= 11 is 0. The SMILES string of the molecule is COc1ccc(N(C)CC(N)CC(C)C)cc1.